The molecule has 1 aliphatic carbocycles. The van der Waals surface area contributed by atoms with Gasteiger partial charge in [-0.05, 0) is 37.1 Å². The number of nitrogens with one attached hydrogen (secondary N) is 2. The lowest BCUT2D eigenvalue weighted by atomic mass is 10.2. The van der Waals surface area contributed by atoms with E-state index in [0.29, 0.717) is 10.5 Å². The van der Waals surface area contributed by atoms with E-state index in [4.69, 9.17) is 27.9 Å². The number of amides is 1. The molecule has 0 aliphatic heterocycles. The first-order valence-corrected chi connectivity index (χ1v) is 11.7. The molecule has 1 fully saturated rings. The Labute approximate surface area is 221 Å². The minimum Gasteiger partial charge on any atom is -0.434 e. The second-order valence-electron chi connectivity index (χ2n) is 8.09. The van der Waals surface area contributed by atoms with Crippen molar-refractivity contribution in [2.24, 2.45) is 0 Å². The van der Waals surface area contributed by atoms with Crippen molar-refractivity contribution < 1.29 is 27.1 Å². The van der Waals surface area contributed by atoms with Crippen molar-refractivity contribution in [3.8, 4) is 17.4 Å². The van der Waals surface area contributed by atoms with Crippen molar-refractivity contribution in [2.45, 2.75) is 25.1 Å². The maximum atomic E-state index is 14.8. The van der Waals surface area contributed by atoms with Crippen LogP contribution < -0.4 is 15.4 Å². The number of pyridine rings is 1. The van der Waals surface area contributed by atoms with E-state index < -0.39 is 29.2 Å². The van der Waals surface area contributed by atoms with Gasteiger partial charge in [-0.1, -0.05) is 23.2 Å². The third-order valence-corrected chi connectivity index (χ3v) is 5.93. The van der Waals surface area contributed by atoms with Gasteiger partial charge in [0.05, 0.1) is 16.8 Å². The van der Waals surface area contributed by atoms with Gasteiger partial charge in [-0.3, -0.25) is 4.79 Å². The van der Waals surface area contributed by atoms with Gasteiger partial charge in [0, 0.05) is 24.0 Å². The molecular weight excluding hydrogens is 553 g/mol. The molecule has 1 aliphatic rings. The number of carbonyl (C=O) groups excluding carboxylic acids is 1. The first-order chi connectivity index (χ1) is 18.1. The van der Waals surface area contributed by atoms with Gasteiger partial charge in [0.25, 0.3) is 5.91 Å². The lowest BCUT2D eigenvalue weighted by molar-refractivity contribution is -0.143. The van der Waals surface area contributed by atoms with Crippen LogP contribution in [0.3, 0.4) is 0 Å². The molecule has 0 bridgehead atoms. The number of alkyl halides is 3. The Bertz CT molecular complexity index is 1530. The molecular formula is C23H15Cl2F4N7O2. The quantitative estimate of drug-likeness (QED) is 0.258. The van der Waals surface area contributed by atoms with Crippen LogP contribution >= 0.6 is 23.2 Å². The topological polar surface area (TPSA) is 107 Å². The fourth-order valence-corrected chi connectivity index (χ4v) is 3.78. The van der Waals surface area contributed by atoms with E-state index >= 15 is 0 Å². The van der Waals surface area contributed by atoms with Crippen LogP contribution in [0.4, 0.5) is 29.1 Å². The van der Waals surface area contributed by atoms with Gasteiger partial charge in [-0.2, -0.15) is 23.3 Å². The minimum atomic E-state index is -4.99. The number of anilines is 2. The largest absolute Gasteiger partial charge is 0.434 e. The number of nitrogens with zero attached hydrogens (tertiary/aromatic N) is 5. The fraction of sp³-hybridized carbons (Fsp3) is 0.174. The minimum absolute atomic E-state index is 0.0564. The van der Waals surface area contributed by atoms with Crippen LogP contribution in [0.25, 0.3) is 5.82 Å². The van der Waals surface area contributed by atoms with Gasteiger partial charge in [0.2, 0.25) is 5.88 Å². The molecule has 2 N–H and O–H groups in total. The summed E-state index contributed by atoms with van der Waals surface area (Å²) < 4.78 is 62.4. The van der Waals surface area contributed by atoms with Gasteiger partial charge >= 0.3 is 6.18 Å². The maximum absolute atomic E-state index is 14.8. The molecule has 0 atom stereocenters. The smallest absolute Gasteiger partial charge is 0.434 e. The number of hydrogen-bond donors (Lipinski definition) is 2. The number of carbonyl (C=O) groups is 1. The Kier molecular flexibility index (Phi) is 6.80. The molecule has 0 unspecified atom stereocenters. The average Bonchev–Trinajstić information content (AvgIpc) is 3.56. The Morgan fingerprint density at radius 2 is 1.92 bits per heavy atom. The Balaban J connectivity index is 1.37. The average molecular weight is 568 g/mol. The lowest BCUT2D eigenvalue weighted by Gasteiger charge is -2.13. The third-order valence-electron chi connectivity index (χ3n) is 5.29. The van der Waals surface area contributed by atoms with Crippen LogP contribution in [-0.4, -0.2) is 36.7 Å². The molecule has 0 radical (unpaired) electrons. The highest BCUT2D eigenvalue weighted by atomic mass is 35.5. The summed E-state index contributed by atoms with van der Waals surface area (Å²) in [6.07, 6.45) is 0.114. The van der Waals surface area contributed by atoms with E-state index in [9.17, 15) is 22.4 Å². The standard InChI is InChI=1S/C23H15Cl2F4N7O2/c24-14-2-1-7-30-20(14)36-18(23(27,28)29)13(9-33-36)21(37)35-12-5-6-16(15(26)8-12)38-22-17(25)19(31-10-32-22)34-11-3-4-11/h1-2,5-11H,3-4H2,(H,35,37)(H,31,32,34). The molecule has 0 saturated heterocycles. The van der Waals surface area contributed by atoms with Gasteiger partial charge in [-0.25, -0.2) is 19.0 Å². The van der Waals surface area contributed by atoms with Crippen molar-refractivity contribution in [2.75, 3.05) is 10.6 Å². The van der Waals surface area contributed by atoms with Crippen LogP contribution in [0.5, 0.6) is 11.6 Å². The highest BCUT2D eigenvalue weighted by Gasteiger charge is 2.41. The summed E-state index contributed by atoms with van der Waals surface area (Å²) >= 11 is 12.2. The highest BCUT2D eigenvalue weighted by molar-refractivity contribution is 6.34. The van der Waals surface area contributed by atoms with Crippen molar-refractivity contribution in [1.82, 2.24) is 24.7 Å². The van der Waals surface area contributed by atoms with Crippen LogP contribution in [0.15, 0.2) is 49.1 Å². The number of benzene rings is 1. The predicted octanol–water partition coefficient (Wildman–Crippen LogP) is 6.14. The molecule has 1 saturated carbocycles. The van der Waals surface area contributed by atoms with Crippen molar-refractivity contribution >= 4 is 40.6 Å². The molecule has 0 spiro atoms. The van der Waals surface area contributed by atoms with E-state index in [1.165, 1.54) is 36.8 Å². The van der Waals surface area contributed by atoms with Crippen LogP contribution in [-0.2, 0) is 6.18 Å². The molecule has 3 heterocycles. The van der Waals surface area contributed by atoms with E-state index in [2.05, 4.69) is 30.7 Å². The van der Waals surface area contributed by atoms with Crippen molar-refractivity contribution in [3.05, 3.63) is 76.2 Å². The van der Waals surface area contributed by atoms with Gasteiger partial charge < -0.3 is 15.4 Å². The molecule has 15 heteroatoms. The summed E-state index contributed by atoms with van der Waals surface area (Å²) in [5.41, 5.74) is -2.35. The summed E-state index contributed by atoms with van der Waals surface area (Å²) in [4.78, 5) is 24.5. The second-order valence-corrected chi connectivity index (χ2v) is 8.87. The van der Waals surface area contributed by atoms with E-state index in [0.717, 1.165) is 25.1 Å². The molecule has 1 aromatic carbocycles. The number of halogens is 6. The molecule has 9 nitrogen and oxygen atoms in total. The zero-order valence-electron chi connectivity index (χ0n) is 18.9. The monoisotopic (exact) mass is 567 g/mol. The maximum Gasteiger partial charge on any atom is 0.434 e. The molecule has 38 heavy (non-hydrogen) atoms. The lowest BCUT2D eigenvalue weighted by Crippen LogP contribution is -2.21. The van der Waals surface area contributed by atoms with Crippen molar-refractivity contribution in [1.29, 1.82) is 0 Å². The number of ether oxygens (including phenoxy) is 1. The summed E-state index contributed by atoms with van der Waals surface area (Å²) in [5, 5.41) is 8.93. The molecule has 3 aromatic heterocycles. The second kappa shape index (κ2) is 10.1. The fourth-order valence-electron chi connectivity index (χ4n) is 3.39. The Morgan fingerprint density at radius 3 is 2.61 bits per heavy atom. The molecule has 4 aromatic rings. The molecule has 1 amide bonds. The van der Waals surface area contributed by atoms with Crippen LogP contribution in [0.2, 0.25) is 10.0 Å². The summed E-state index contributed by atoms with van der Waals surface area (Å²) in [5.74, 6) is -2.46. The Hall–Kier alpha value is -3.97. The van der Waals surface area contributed by atoms with Gasteiger partial charge in [0.15, 0.2) is 28.9 Å². The summed E-state index contributed by atoms with van der Waals surface area (Å²) in [6.45, 7) is 0. The summed E-state index contributed by atoms with van der Waals surface area (Å²) in [7, 11) is 0. The number of rotatable bonds is 7. The molecule has 196 valence electrons. The Morgan fingerprint density at radius 1 is 1.13 bits per heavy atom. The zero-order chi connectivity index (χ0) is 27.0. The predicted molar refractivity (Wildman–Crippen MR) is 129 cm³/mol. The van der Waals surface area contributed by atoms with Gasteiger partial charge in [0.1, 0.15) is 11.3 Å². The van der Waals surface area contributed by atoms with Crippen LogP contribution in [0.1, 0.15) is 28.9 Å². The van der Waals surface area contributed by atoms with Crippen LogP contribution in [0, 0.1) is 5.82 Å². The highest BCUT2D eigenvalue weighted by Crippen LogP contribution is 2.37. The third kappa shape index (κ3) is 5.34. The SMILES string of the molecule is O=C(Nc1ccc(Oc2ncnc(NC3CC3)c2Cl)c(F)c1)c1cnn(-c2ncccc2Cl)c1C(F)(F)F. The van der Waals surface area contributed by atoms with Gasteiger partial charge in [-0.15, -0.1) is 0 Å². The zero-order valence-corrected chi connectivity index (χ0v) is 20.4. The number of aromatic nitrogens is 5. The first kappa shape index (κ1) is 25.7. The van der Waals surface area contributed by atoms with E-state index in [-0.39, 0.29) is 39.2 Å². The normalized spacial score (nSPS) is 13.3. The number of hydrogen-bond acceptors (Lipinski definition) is 7. The summed E-state index contributed by atoms with van der Waals surface area (Å²) in [6, 6.07) is 6.29. The van der Waals surface area contributed by atoms with E-state index in [1.807, 2.05) is 0 Å². The van der Waals surface area contributed by atoms with E-state index in [1.54, 1.807) is 0 Å². The van der Waals surface area contributed by atoms with Crippen molar-refractivity contribution in [3.63, 3.8) is 0 Å². The first-order valence-electron chi connectivity index (χ1n) is 10.9. The molecule has 5 rings (SSSR count).